The van der Waals surface area contributed by atoms with Crippen LogP contribution in [0.4, 0.5) is 13.2 Å². The summed E-state index contributed by atoms with van der Waals surface area (Å²) in [6, 6.07) is 0. The van der Waals surface area contributed by atoms with E-state index in [0.29, 0.717) is 6.42 Å². The van der Waals surface area contributed by atoms with Crippen LogP contribution in [-0.4, -0.2) is 22.3 Å². The number of alkyl halides is 3. The summed E-state index contributed by atoms with van der Waals surface area (Å²) in [5, 5.41) is 0.260. The normalized spacial score (nSPS) is 13.5. The molecule has 0 amide bonds. The summed E-state index contributed by atoms with van der Waals surface area (Å²) >= 11 is 1.17. The van der Waals surface area contributed by atoms with E-state index in [1.54, 1.807) is 13.2 Å². The lowest BCUT2D eigenvalue weighted by atomic mass is 10.3. The molecule has 1 unspecified atom stereocenters. The molecule has 0 radical (unpaired) electrons. The molecule has 1 aromatic rings. The summed E-state index contributed by atoms with van der Waals surface area (Å²) in [5.74, 6) is -0.397. The molecule has 7 heteroatoms. The predicted molar refractivity (Wildman–Crippen MR) is 59.2 cm³/mol. The highest BCUT2D eigenvalue weighted by Gasteiger charge is 2.36. The Bertz CT molecular complexity index is 384. The van der Waals surface area contributed by atoms with Crippen molar-refractivity contribution in [3.05, 3.63) is 11.8 Å². The van der Waals surface area contributed by atoms with Crippen molar-refractivity contribution in [1.29, 1.82) is 0 Å². The largest absolute Gasteiger partial charge is 0.474 e. The number of thioether (sulfide) groups is 1. The highest BCUT2D eigenvalue weighted by atomic mass is 32.2. The number of ether oxygens (including phenoxy) is 1. The number of halogens is 3. The van der Waals surface area contributed by atoms with Gasteiger partial charge in [-0.3, -0.25) is 0 Å². The Hall–Kier alpha value is -0.980. The van der Waals surface area contributed by atoms with Crippen molar-refractivity contribution in [2.75, 3.05) is 6.26 Å². The Kier molecular flexibility index (Phi) is 4.62. The van der Waals surface area contributed by atoms with Gasteiger partial charge < -0.3 is 4.74 Å². The molecule has 0 aliphatic carbocycles. The third-order valence-electron chi connectivity index (χ3n) is 2.11. The van der Waals surface area contributed by atoms with Crippen molar-refractivity contribution >= 4 is 11.8 Å². The van der Waals surface area contributed by atoms with Gasteiger partial charge in [-0.2, -0.15) is 18.2 Å². The zero-order chi connectivity index (χ0) is 13.1. The first-order valence-corrected chi connectivity index (χ1v) is 6.25. The standard InChI is InChI=1S/C10H13F3N2OS/c1-4-6(2)16-8-7(10(11,12)13)5-14-9(15-8)17-3/h5-6H,4H2,1-3H3. The summed E-state index contributed by atoms with van der Waals surface area (Å²) in [5.41, 5.74) is -0.935. The SMILES string of the molecule is CCC(C)Oc1nc(SC)ncc1C(F)(F)F. The van der Waals surface area contributed by atoms with Gasteiger partial charge in [-0.1, -0.05) is 18.7 Å². The number of hydrogen-bond acceptors (Lipinski definition) is 4. The van der Waals surface area contributed by atoms with Gasteiger partial charge in [-0.05, 0) is 19.6 Å². The smallest absolute Gasteiger partial charge is 0.423 e. The highest BCUT2D eigenvalue weighted by Crippen LogP contribution is 2.35. The lowest BCUT2D eigenvalue weighted by Crippen LogP contribution is -2.16. The van der Waals surface area contributed by atoms with E-state index in [4.69, 9.17) is 4.74 Å². The van der Waals surface area contributed by atoms with Crippen LogP contribution in [0.5, 0.6) is 5.88 Å². The highest BCUT2D eigenvalue weighted by molar-refractivity contribution is 7.98. The van der Waals surface area contributed by atoms with Gasteiger partial charge in [-0.25, -0.2) is 4.98 Å². The zero-order valence-electron chi connectivity index (χ0n) is 9.71. The van der Waals surface area contributed by atoms with Gasteiger partial charge in [0, 0.05) is 6.20 Å². The van der Waals surface area contributed by atoms with E-state index >= 15 is 0 Å². The van der Waals surface area contributed by atoms with Crippen LogP contribution < -0.4 is 4.74 Å². The van der Waals surface area contributed by atoms with Gasteiger partial charge in [0.2, 0.25) is 5.88 Å². The van der Waals surface area contributed by atoms with E-state index in [0.717, 1.165) is 6.20 Å². The fraction of sp³-hybridized carbons (Fsp3) is 0.600. The molecule has 1 heterocycles. The molecule has 0 aliphatic heterocycles. The van der Waals surface area contributed by atoms with E-state index in [1.807, 2.05) is 6.92 Å². The van der Waals surface area contributed by atoms with Crippen molar-refractivity contribution in [2.24, 2.45) is 0 Å². The van der Waals surface area contributed by atoms with E-state index in [9.17, 15) is 13.2 Å². The van der Waals surface area contributed by atoms with Crippen LogP contribution in [0.15, 0.2) is 11.4 Å². The number of nitrogens with zero attached hydrogens (tertiary/aromatic N) is 2. The van der Waals surface area contributed by atoms with Crippen molar-refractivity contribution in [1.82, 2.24) is 9.97 Å². The number of hydrogen-bond donors (Lipinski definition) is 0. The van der Waals surface area contributed by atoms with Crippen LogP contribution in [0.25, 0.3) is 0 Å². The molecule has 0 N–H and O–H groups in total. The zero-order valence-corrected chi connectivity index (χ0v) is 10.5. The summed E-state index contributed by atoms with van der Waals surface area (Å²) < 4.78 is 43.2. The summed E-state index contributed by atoms with van der Waals surface area (Å²) in [7, 11) is 0. The summed E-state index contributed by atoms with van der Waals surface area (Å²) in [6.07, 6.45) is -1.76. The molecule has 0 bridgehead atoms. The lowest BCUT2D eigenvalue weighted by Gasteiger charge is -2.16. The molecule has 1 rings (SSSR count). The van der Waals surface area contributed by atoms with Gasteiger partial charge in [0.15, 0.2) is 5.16 Å². The van der Waals surface area contributed by atoms with Crippen LogP contribution in [-0.2, 0) is 6.18 Å². The van der Waals surface area contributed by atoms with E-state index in [1.165, 1.54) is 11.8 Å². The van der Waals surface area contributed by atoms with Crippen molar-refractivity contribution in [3.8, 4) is 5.88 Å². The minimum atomic E-state index is -4.50. The summed E-state index contributed by atoms with van der Waals surface area (Å²) in [4.78, 5) is 7.36. The maximum atomic E-state index is 12.7. The first-order chi connectivity index (χ1) is 7.88. The first-order valence-electron chi connectivity index (χ1n) is 5.03. The Labute approximate surface area is 102 Å². The molecule has 0 aromatic carbocycles. The van der Waals surface area contributed by atoms with Gasteiger partial charge in [-0.15, -0.1) is 0 Å². The molecular formula is C10H13F3N2OS. The van der Waals surface area contributed by atoms with Crippen molar-refractivity contribution < 1.29 is 17.9 Å². The van der Waals surface area contributed by atoms with Crippen LogP contribution in [0.1, 0.15) is 25.8 Å². The van der Waals surface area contributed by atoms with Gasteiger partial charge >= 0.3 is 6.18 Å². The Morgan fingerprint density at radius 2 is 2.12 bits per heavy atom. The molecule has 0 aliphatic rings. The minimum absolute atomic E-state index is 0.260. The Morgan fingerprint density at radius 3 is 2.59 bits per heavy atom. The average molecular weight is 266 g/mol. The van der Waals surface area contributed by atoms with E-state index in [-0.39, 0.29) is 11.3 Å². The van der Waals surface area contributed by atoms with Crippen molar-refractivity contribution in [2.45, 2.75) is 37.7 Å². The van der Waals surface area contributed by atoms with E-state index < -0.39 is 17.6 Å². The Morgan fingerprint density at radius 1 is 1.47 bits per heavy atom. The number of rotatable bonds is 4. The second-order valence-electron chi connectivity index (χ2n) is 3.41. The quantitative estimate of drug-likeness (QED) is 0.618. The van der Waals surface area contributed by atoms with Gasteiger partial charge in [0.25, 0.3) is 0 Å². The maximum absolute atomic E-state index is 12.7. The van der Waals surface area contributed by atoms with Crippen molar-refractivity contribution in [3.63, 3.8) is 0 Å². The third-order valence-corrected chi connectivity index (χ3v) is 2.67. The monoisotopic (exact) mass is 266 g/mol. The fourth-order valence-corrected chi connectivity index (χ4v) is 1.34. The predicted octanol–water partition coefficient (Wildman–Crippen LogP) is 3.39. The van der Waals surface area contributed by atoms with Crippen LogP contribution >= 0.6 is 11.8 Å². The molecule has 0 saturated carbocycles. The lowest BCUT2D eigenvalue weighted by molar-refractivity contribution is -0.140. The van der Waals surface area contributed by atoms with Crippen LogP contribution in [0.3, 0.4) is 0 Å². The minimum Gasteiger partial charge on any atom is -0.474 e. The molecule has 17 heavy (non-hydrogen) atoms. The molecule has 0 fully saturated rings. The number of aromatic nitrogens is 2. The molecular weight excluding hydrogens is 253 g/mol. The Balaban J connectivity index is 3.12. The second kappa shape index (κ2) is 5.57. The molecule has 96 valence electrons. The fourth-order valence-electron chi connectivity index (χ4n) is 1.01. The average Bonchev–Trinajstić information content (AvgIpc) is 2.27. The topological polar surface area (TPSA) is 35.0 Å². The first kappa shape index (κ1) is 14.1. The van der Waals surface area contributed by atoms with Crippen LogP contribution in [0.2, 0.25) is 0 Å². The third kappa shape index (κ3) is 3.76. The van der Waals surface area contributed by atoms with Crippen LogP contribution in [0, 0.1) is 0 Å². The maximum Gasteiger partial charge on any atom is 0.423 e. The molecule has 0 spiro atoms. The summed E-state index contributed by atoms with van der Waals surface area (Å²) in [6.45, 7) is 3.52. The molecule has 0 saturated heterocycles. The molecule has 3 nitrogen and oxygen atoms in total. The van der Waals surface area contributed by atoms with Gasteiger partial charge in [0.05, 0.1) is 6.10 Å². The second-order valence-corrected chi connectivity index (χ2v) is 4.18. The molecule has 1 aromatic heterocycles. The molecule has 1 atom stereocenters. The van der Waals surface area contributed by atoms with E-state index in [2.05, 4.69) is 9.97 Å². The van der Waals surface area contributed by atoms with Gasteiger partial charge in [0.1, 0.15) is 5.56 Å².